The summed E-state index contributed by atoms with van der Waals surface area (Å²) in [5, 5.41) is 14.1. The van der Waals surface area contributed by atoms with Crippen LogP contribution in [0.4, 0.5) is 11.4 Å². The third-order valence-corrected chi connectivity index (χ3v) is 3.68. The molecule has 0 saturated carbocycles. The van der Waals surface area contributed by atoms with Crippen LogP contribution in [0.1, 0.15) is 12.5 Å². The van der Waals surface area contributed by atoms with Crippen LogP contribution in [-0.2, 0) is 19.1 Å². The standard InChI is InChI=1S/C19H16ClN3O5/c1-12(24)27-10-17(25)22-15-7-13(9-21)8-16(19(15)20)23-18(26)11-28-14-5-3-2-4-6-14/h2-8H,10-11H2,1H3,(H,22,25)(H,23,26). The number of para-hydroxylation sites is 1. The lowest BCUT2D eigenvalue weighted by molar-refractivity contribution is -0.144. The lowest BCUT2D eigenvalue weighted by atomic mass is 10.2. The van der Waals surface area contributed by atoms with Crippen molar-refractivity contribution in [3.05, 3.63) is 53.1 Å². The van der Waals surface area contributed by atoms with Crippen molar-refractivity contribution in [2.45, 2.75) is 6.92 Å². The number of ether oxygens (including phenoxy) is 2. The molecular formula is C19H16ClN3O5. The molecule has 0 fully saturated rings. The summed E-state index contributed by atoms with van der Waals surface area (Å²) >= 11 is 6.22. The van der Waals surface area contributed by atoms with Crippen LogP contribution in [0.3, 0.4) is 0 Å². The first-order valence-corrected chi connectivity index (χ1v) is 8.41. The normalized spacial score (nSPS) is 9.75. The highest BCUT2D eigenvalue weighted by molar-refractivity contribution is 6.37. The van der Waals surface area contributed by atoms with Gasteiger partial charge in [0.15, 0.2) is 13.2 Å². The minimum Gasteiger partial charge on any atom is -0.484 e. The van der Waals surface area contributed by atoms with Gasteiger partial charge in [-0.2, -0.15) is 5.26 Å². The fourth-order valence-corrected chi connectivity index (χ4v) is 2.28. The van der Waals surface area contributed by atoms with Crippen molar-refractivity contribution < 1.29 is 23.9 Å². The number of carbonyl (C=O) groups is 3. The van der Waals surface area contributed by atoms with Gasteiger partial charge in [-0.05, 0) is 24.3 Å². The molecule has 0 bridgehead atoms. The molecular weight excluding hydrogens is 386 g/mol. The Kier molecular flexibility index (Phi) is 7.37. The van der Waals surface area contributed by atoms with Crippen molar-refractivity contribution in [2.24, 2.45) is 0 Å². The molecule has 2 aromatic rings. The summed E-state index contributed by atoms with van der Waals surface area (Å²) in [5.74, 6) is -1.23. The van der Waals surface area contributed by atoms with Gasteiger partial charge >= 0.3 is 5.97 Å². The topological polar surface area (TPSA) is 118 Å². The lowest BCUT2D eigenvalue weighted by Crippen LogP contribution is -2.22. The number of rotatable bonds is 7. The molecule has 2 amide bonds. The zero-order chi connectivity index (χ0) is 20.5. The first-order valence-electron chi connectivity index (χ1n) is 8.03. The van der Waals surface area contributed by atoms with E-state index in [9.17, 15) is 14.4 Å². The van der Waals surface area contributed by atoms with E-state index in [1.807, 2.05) is 12.1 Å². The third kappa shape index (κ3) is 6.30. The number of halogens is 1. The number of benzene rings is 2. The van der Waals surface area contributed by atoms with E-state index in [0.29, 0.717) is 5.75 Å². The molecule has 0 aliphatic heterocycles. The van der Waals surface area contributed by atoms with Crippen LogP contribution in [0.2, 0.25) is 5.02 Å². The number of carbonyl (C=O) groups excluding carboxylic acids is 3. The van der Waals surface area contributed by atoms with Crippen LogP contribution in [0.25, 0.3) is 0 Å². The van der Waals surface area contributed by atoms with Crippen LogP contribution in [0, 0.1) is 11.3 Å². The van der Waals surface area contributed by atoms with E-state index in [2.05, 4.69) is 15.4 Å². The number of nitrogens with one attached hydrogen (secondary N) is 2. The van der Waals surface area contributed by atoms with Gasteiger partial charge in [0.05, 0.1) is 28.0 Å². The summed E-state index contributed by atoms with van der Waals surface area (Å²) in [6, 6.07) is 13.4. The Labute approximate surface area is 166 Å². The van der Waals surface area contributed by atoms with E-state index in [0.717, 1.165) is 0 Å². The maximum absolute atomic E-state index is 12.1. The third-order valence-electron chi connectivity index (χ3n) is 3.27. The van der Waals surface area contributed by atoms with Gasteiger partial charge in [0.1, 0.15) is 5.75 Å². The number of hydrogen-bond acceptors (Lipinski definition) is 6. The van der Waals surface area contributed by atoms with Gasteiger partial charge in [0.25, 0.3) is 11.8 Å². The Balaban J connectivity index is 2.08. The Hall–Kier alpha value is -3.57. The number of amides is 2. The van der Waals surface area contributed by atoms with Crippen molar-refractivity contribution in [1.29, 1.82) is 5.26 Å². The molecule has 2 N–H and O–H groups in total. The van der Waals surface area contributed by atoms with Gasteiger partial charge in [-0.25, -0.2) is 0 Å². The van der Waals surface area contributed by atoms with E-state index in [1.54, 1.807) is 24.3 Å². The van der Waals surface area contributed by atoms with Crippen molar-refractivity contribution in [3.63, 3.8) is 0 Å². The molecule has 2 aromatic carbocycles. The SMILES string of the molecule is CC(=O)OCC(=O)Nc1cc(C#N)cc(NC(=O)COc2ccccc2)c1Cl. The second-order valence-electron chi connectivity index (χ2n) is 5.48. The molecule has 2 rings (SSSR count). The predicted molar refractivity (Wildman–Crippen MR) is 102 cm³/mol. The van der Waals surface area contributed by atoms with Crippen molar-refractivity contribution in [2.75, 3.05) is 23.8 Å². The number of nitriles is 1. The molecule has 0 saturated heterocycles. The molecule has 144 valence electrons. The van der Waals surface area contributed by atoms with Gasteiger partial charge in [0.2, 0.25) is 0 Å². The Morgan fingerprint density at radius 1 is 1.04 bits per heavy atom. The summed E-state index contributed by atoms with van der Waals surface area (Å²) in [5.41, 5.74) is 0.383. The lowest BCUT2D eigenvalue weighted by Gasteiger charge is -2.13. The maximum Gasteiger partial charge on any atom is 0.303 e. The average molecular weight is 402 g/mol. The van der Waals surface area contributed by atoms with E-state index in [4.69, 9.17) is 21.6 Å². The average Bonchev–Trinajstić information content (AvgIpc) is 2.68. The van der Waals surface area contributed by atoms with Crippen molar-refractivity contribution >= 4 is 40.8 Å². The summed E-state index contributed by atoms with van der Waals surface area (Å²) in [6.07, 6.45) is 0. The Morgan fingerprint density at radius 3 is 2.14 bits per heavy atom. The molecule has 9 heteroatoms. The van der Waals surface area contributed by atoms with Gasteiger partial charge in [-0.15, -0.1) is 0 Å². The molecule has 8 nitrogen and oxygen atoms in total. The largest absolute Gasteiger partial charge is 0.484 e. The first kappa shape index (κ1) is 20.7. The van der Waals surface area contributed by atoms with Gasteiger partial charge in [0, 0.05) is 6.92 Å². The quantitative estimate of drug-likeness (QED) is 0.689. The molecule has 0 aliphatic rings. The fourth-order valence-electron chi connectivity index (χ4n) is 2.08. The zero-order valence-corrected chi connectivity index (χ0v) is 15.6. The number of anilines is 2. The maximum atomic E-state index is 12.1. The Bertz CT molecular complexity index is 925. The second-order valence-corrected chi connectivity index (χ2v) is 5.85. The monoisotopic (exact) mass is 401 g/mol. The molecule has 0 atom stereocenters. The molecule has 0 unspecified atom stereocenters. The highest BCUT2D eigenvalue weighted by Gasteiger charge is 2.15. The van der Waals surface area contributed by atoms with Crippen molar-refractivity contribution in [3.8, 4) is 11.8 Å². The highest BCUT2D eigenvalue weighted by atomic mass is 35.5. The van der Waals surface area contributed by atoms with Crippen LogP contribution in [-0.4, -0.2) is 31.0 Å². The minimum atomic E-state index is -0.642. The van der Waals surface area contributed by atoms with E-state index in [-0.39, 0.29) is 28.6 Å². The summed E-state index contributed by atoms with van der Waals surface area (Å²) in [4.78, 5) is 34.7. The zero-order valence-electron chi connectivity index (χ0n) is 14.8. The van der Waals surface area contributed by atoms with Gasteiger partial charge < -0.3 is 20.1 Å². The van der Waals surface area contributed by atoms with Gasteiger partial charge in [-0.1, -0.05) is 29.8 Å². The molecule has 0 radical (unpaired) electrons. The minimum absolute atomic E-state index is 0.0169. The van der Waals surface area contributed by atoms with E-state index < -0.39 is 24.4 Å². The molecule has 0 aromatic heterocycles. The van der Waals surface area contributed by atoms with Gasteiger partial charge in [-0.3, -0.25) is 14.4 Å². The van der Waals surface area contributed by atoms with Crippen molar-refractivity contribution in [1.82, 2.24) is 0 Å². The smallest absolute Gasteiger partial charge is 0.303 e. The highest BCUT2D eigenvalue weighted by Crippen LogP contribution is 2.32. The van der Waals surface area contributed by atoms with E-state index >= 15 is 0 Å². The Morgan fingerprint density at radius 2 is 1.61 bits per heavy atom. The summed E-state index contributed by atoms with van der Waals surface area (Å²) in [6.45, 7) is 0.391. The number of nitrogens with zero attached hydrogens (tertiary/aromatic N) is 1. The molecule has 0 heterocycles. The van der Waals surface area contributed by atoms with Crippen LogP contribution in [0.5, 0.6) is 5.75 Å². The van der Waals surface area contributed by atoms with E-state index in [1.165, 1.54) is 19.1 Å². The molecule has 0 spiro atoms. The van der Waals surface area contributed by atoms with Crippen LogP contribution in [0.15, 0.2) is 42.5 Å². The van der Waals surface area contributed by atoms with Crippen LogP contribution < -0.4 is 15.4 Å². The second kappa shape index (κ2) is 9.94. The number of hydrogen-bond donors (Lipinski definition) is 2. The molecule has 0 aliphatic carbocycles. The van der Waals surface area contributed by atoms with Crippen LogP contribution >= 0.6 is 11.6 Å². The number of esters is 1. The fraction of sp³-hybridized carbons (Fsp3) is 0.158. The summed E-state index contributed by atoms with van der Waals surface area (Å²) in [7, 11) is 0. The predicted octanol–water partition coefficient (Wildman–Crippen LogP) is 2.73. The summed E-state index contributed by atoms with van der Waals surface area (Å²) < 4.78 is 9.94. The first-order chi connectivity index (χ1) is 13.4. The molecule has 28 heavy (non-hydrogen) atoms.